The molecule has 0 radical (unpaired) electrons. The van der Waals surface area contributed by atoms with Gasteiger partial charge in [0.1, 0.15) is 0 Å². The molecule has 8 heteroatoms. The molecule has 4 N–H and O–H groups in total. The molecule has 17 heavy (non-hydrogen) atoms. The van der Waals surface area contributed by atoms with Gasteiger partial charge in [-0.3, -0.25) is 5.43 Å². The predicted octanol–water partition coefficient (Wildman–Crippen LogP) is -0.625. The lowest BCUT2D eigenvalue weighted by Crippen LogP contribution is -2.25. The van der Waals surface area contributed by atoms with Crippen molar-refractivity contribution in [2.24, 2.45) is 5.84 Å². The monoisotopic (exact) mass is 242 g/mol. The van der Waals surface area contributed by atoms with Crippen LogP contribution in [0.4, 0.5) is 11.9 Å². The van der Waals surface area contributed by atoms with E-state index in [2.05, 4.69) is 20.4 Å². The molecule has 0 saturated carbocycles. The summed E-state index contributed by atoms with van der Waals surface area (Å²) in [6, 6.07) is 0.217. The standard InChI is InChI=1S/C9H18N6O2/c1-3-6-17-9-12-7(14-10)11-8(13-9)15(2)4-5-16/h16H,3-6,10H2,1-2H3,(H,11,12,13,14). The van der Waals surface area contributed by atoms with Crippen LogP contribution in [-0.2, 0) is 0 Å². The Balaban J connectivity index is 2.88. The summed E-state index contributed by atoms with van der Waals surface area (Å²) in [6.07, 6.45) is 0.860. The third-order valence-corrected chi connectivity index (χ3v) is 1.94. The van der Waals surface area contributed by atoms with E-state index >= 15 is 0 Å². The first-order chi connectivity index (χ1) is 8.21. The van der Waals surface area contributed by atoms with Crippen LogP contribution in [0.25, 0.3) is 0 Å². The van der Waals surface area contributed by atoms with Crippen LogP contribution < -0.4 is 20.9 Å². The number of aliphatic hydroxyl groups excluding tert-OH is 1. The first-order valence-corrected chi connectivity index (χ1v) is 5.38. The van der Waals surface area contributed by atoms with E-state index in [1.807, 2.05) is 6.92 Å². The molecular weight excluding hydrogens is 224 g/mol. The number of aliphatic hydroxyl groups is 1. The van der Waals surface area contributed by atoms with Crippen molar-refractivity contribution in [3.8, 4) is 6.01 Å². The molecule has 0 unspecified atom stereocenters. The molecule has 0 aliphatic carbocycles. The SMILES string of the molecule is CCCOc1nc(NN)nc(N(C)CCO)n1. The lowest BCUT2D eigenvalue weighted by atomic mass is 10.5. The van der Waals surface area contributed by atoms with Gasteiger partial charge in [-0.1, -0.05) is 6.92 Å². The number of hydrazine groups is 1. The average Bonchev–Trinajstić information content (AvgIpc) is 2.36. The predicted molar refractivity (Wildman–Crippen MR) is 63.8 cm³/mol. The lowest BCUT2D eigenvalue weighted by molar-refractivity contribution is 0.290. The zero-order chi connectivity index (χ0) is 12.7. The van der Waals surface area contributed by atoms with Crippen LogP contribution in [0.2, 0.25) is 0 Å². The highest BCUT2D eigenvalue weighted by molar-refractivity contribution is 5.36. The molecule has 0 fully saturated rings. The maximum Gasteiger partial charge on any atom is 0.323 e. The maximum absolute atomic E-state index is 8.85. The molecule has 0 saturated heterocycles. The van der Waals surface area contributed by atoms with Crippen LogP contribution in [-0.4, -0.2) is 46.9 Å². The fourth-order valence-corrected chi connectivity index (χ4v) is 1.09. The van der Waals surface area contributed by atoms with Crippen molar-refractivity contribution in [1.82, 2.24) is 15.0 Å². The summed E-state index contributed by atoms with van der Waals surface area (Å²) in [4.78, 5) is 13.8. The molecule has 0 aliphatic rings. The van der Waals surface area contributed by atoms with E-state index in [0.717, 1.165) is 6.42 Å². The molecule has 0 aromatic carbocycles. The fraction of sp³-hybridized carbons (Fsp3) is 0.667. The van der Waals surface area contributed by atoms with Crippen molar-refractivity contribution in [3.63, 3.8) is 0 Å². The number of nitrogens with two attached hydrogens (primary N) is 1. The molecule has 0 amide bonds. The Kier molecular flexibility index (Phi) is 5.37. The Bertz CT molecular complexity index is 348. The molecule has 0 aliphatic heterocycles. The number of nitrogens with one attached hydrogen (secondary N) is 1. The second kappa shape index (κ2) is 6.81. The third kappa shape index (κ3) is 4.00. The first-order valence-electron chi connectivity index (χ1n) is 5.38. The van der Waals surface area contributed by atoms with E-state index in [4.69, 9.17) is 15.7 Å². The summed E-state index contributed by atoms with van der Waals surface area (Å²) in [5, 5.41) is 8.85. The molecule has 8 nitrogen and oxygen atoms in total. The summed E-state index contributed by atoms with van der Waals surface area (Å²) in [6.45, 7) is 2.94. The minimum atomic E-state index is 0.0126. The smallest absolute Gasteiger partial charge is 0.323 e. The molecule has 0 spiro atoms. The Morgan fingerprint density at radius 2 is 2.18 bits per heavy atom. The second-order valence-electron chi connectivity index (χ2n) is 3.38. The molecule has 1 aromatic rings. The molecule has 1 heterocycles. The zero-order valence-electron chi connectivity index (χ0n) is 10.1. The van der Waals surface area contributed by atoms with Gasteiger partial charge < -0.3 is 14.7 Å². The minimum absolute atomic E-state index is 0.0126. The Morgan fingerprint density at radius 1 is 1.41 bits per heavy atom. The lowest BCUT2D eigenvalue weighted by Gasteiger charge is -2.16. The van der Waals surface area contributed by atoms with Gasteiger partial charge in [-0.15, -0.1) is 0 Å². The number of anilines is 2. The van der Waals surface area contributed by atoms with Gasteiger partial charge in [0, 0.05) is 13.6 Å². The Hall–Kier alpha value is -1.67. The highest BCUT2D eigenvalue weighted by Crippen LogP contribution is 2.13. The highest BCUT2D eigenvalue weighted by Gasteiger charge is 2.10. The van der Waals surface area contributed by atoms with E-state index < -0.39 is 0 Å². The van der Waals surface area contributed by atoms with Crippen molar-refractivity contribution in [1.29, 1.82) is 0 Å². The second-order valence-corrected chi connectivity index (χ2v) is 3.38. The zero-order valence-corrected chi connectivity index (χ0v) is 10.1. The number of hydrogen-bond acceptors (Lipinski definition) is 8. The number of ether oxygens (including phenoxy) is 1. The normalized spacial score (nSPS) is 10.1. The number of aromatic nitrogens is 3. The summed E-state index contributed by atoms with van der Waals surface area (Å²) in [5.74, 6) is 5.89. The van der Waals surface area contributed by atoms with Crippen molar-refractivity contribution < 1.29 is 9.84 Å². The van der Waals surface area contributed by atoms with Crippen LogP contribution in [0.15, 0.2) is 0 Å². The van der Waals surface area contributed by atoms with Gasteiger partial charge in [0.05, 0.1) is 13.2 Å². The van der Waals surface area contributed by atoms with Gasteiger partial charge >= 0.3 is 6.01 Å². The van der Waals surface area contributed by atoms with Crippen LogP contribution in [0, 0.1) is 0 Å². The topological polar surface area (TPSA) is 109 Å². The van der Waals surface area contributed by atoms with Crippen LogP contribution in [0.5, 0.6) is 6.01 Å². The molecule has 0 bridgehead atoms. The highest BCUT2D eigenvalue weighted by atomic mass is 16.5. The van der Waals surface area contributed by atoms with E-state index in [-0.39, 0.29) is 18.6 Å². The van der Waals surface area contributed by atoms with Crippen LogP contribution >= 0.6 is 0 Å². The summed E-state index contributed by atoms with van der Waals surface area (Å²) < 4.78 is 5.32. The van der Waals surface area contributed by atoms with Gasteiger partial charge in [0.15, 0.2) is 0 Å². The fourth-order valence-electron chi connectivity index (χ4n) is 1.09. The Labute approximate surface area is 99.8 Å². The quantitative estimate of drug-likeness (QED) is 0.428. The van der Waals surface area contributed by atoms with Gasteiger partial charge in [0.2, 0.25) is 11.9 Å². The first kappa shape index (κ1) is 13.4. The average molecular weight is 242 g/mol. The van der Waals surface area contributed by atoms with Crippen molar-refractivity contribution >= 4 is 11.9 Å². The van der Waals surface area contributed by atoms with Gasteiger partial charge in [-0.2, -0.15) is 15.0 Å². The number of nitrogen functional groups attached to an aromatic ring is 1. The third-order valence-electron chi connectivity index (χ3n) is 1.94. The van der Waals surface area contributed by atoms with Crippen LogP contribution in [0.1, 0.15) is 13.3 Å². The van der Waals surface area contributed by atoms with Crippen molar-refractivity contribution in [3.05, 3.63) is 0 Å². The van der Waals surface area contributed by atoms with E-state index in [9.17, 15) is 0 Å². The molecule has 1 aromatic heterocycles. The van der Waals surface area contributed by atoms with E-state index in [1.54, 1.807) is 11.9 Å². The van der Waals surface area contributed by atoms with E-state index in [0.29, 0.717) is 19.1 Å². The van der Waals surface area contributed by atoms with Crippen LogP contribution in [0.3, 0.4) is 0 Å². The molecule has 96 valence electrons. The number of rotatable bonds is 7. The minimum Gasteiger partial charge on any atom is -0.463 e. The molecule has 0 atom stereocenters. The van der Waals surface area contributed by atoms with E-state index in [1.165, 1.54) is 0 Å². The molecular formula is C9H18N6O2. The summed E-state index contributed by atoms with van der Waals surface area (Å²) in [7, 11) is 1.76. The number of likely N-dealkylation sites (N-methyl/N-ethyl adjacent to an activating group) is 1. The largest absolute Gasteiger partial charge is 0.463 e. The summed E-state index contributed by atoms with van der Waals surface area (Å²) >= 11 is 0. The van der Waals surface area contributed by atoms with Gasteiger partial charge in [-0.25, -0.2) is 5.84 Å². The van der Waals surface area contributed by atoms with Gasteiger partial charge in [-0.05, 0) is 6.42 Å². The Morgan fingerprint density at radius 3 is 2.76 bits per heavy atom. The van der Waals surface area contributed by atoms with Crippen molar-refractivity contribution in [2.45, 2.75) is 13.3 Å². The maximum atomic E-state index is 8.85. The van der Waals surface area contributed by atoms with Crippen molar-refractivity contribution in [2.75, 3.05) is 37.1 Å². The van der Waals surface area contributed by atoms with Gasteiger partial charge in [0.25, 0.3) is 0 Å². The summed E-state index contributed by atoms with van der Waals surface area (Å²) in [5.41, 5.74) is 2.35. The number of hydrogen-bond donors (Lipinski definition) is 3. The number of nitrogens with zero attached hydrogens (tertiary/aromatic N) is 4. The molecule has 1 rings (SSSR count).